The third-order valence-electron chi connectivity index (χ3n) is 14.6. The number of hydrogen-bond acceptors (Lipinski definition) is 6. The summed E-state index contributed by atoms with van der Waals surface area (Å²) in [6.45, 7) is 16.3. The number of aliphatic imine (C=N–C) groups is 1. The zero-order valence-electron chi connectivity index (χ0n) is 51.8. The topological polar surface area (TPSA) is 237 Å². The molecule has 0 atom stereocenters. The van der Waals surface area contributed by atoms with Crippen LogP contribution in [0, 0.1) is 55.4 Å². The molecular weight excluding hydrogens is 1120 g/mol. The number of para-hydroxylation sites is 1. The molecule has 15 nitrogen and oxygen atoms in total. The molecule has 0 radical (unpaired) electrons. The SMILES string of the molecule is COC(=O)c1ccc2[nH]c(C)cc2c1.Cc1cc2cc(C(=O)O)ccc2[nH]1.Cc1cc2ccc(C(=O)O)cc2[nH]1.Cc1cc2ccccc2[nH]1.Cc1ccc2[nH]ccc2c1.Cc1ccc2[nH]ncc2c1.Cc1ccc2c(c1)N=CC2.Cc1ccc2cc[nH]c2c1. The van der Waals surface area contributed by atoms with E-state index >= 15 is 0 Å². The van der Waals surface area contributed by atoms with Gasteiger partial charge in [-0.2, -0.15) is 5.10 Å². The Morgan fingerprint density at radius 3 is 1.52 bits per heavy atom. The van der Waals surface area contributed by atoms with Crippen molar-refractivity contribution >= 4 is 106 Å². The van der Waals surface area contributed by atoms with E-state index < -0.39 is 11.9 Å². The number of nitrogens with zero attached hydrogens (tertiary/aromatic N) is 2. The van der Waals surface area contributed by atoms with Gasteiger partial charge in [-0.05, 0) is 221 Å². The third kappa shape index (κ3) is 17.0. The van der Waals surface area contributed by atoms with Crippen molar-refractivity contribution in [1.29, 1.82) is 0 Å². The fourth-order valence-corrected chi connectivity index (χ4v) is 10.2. The van der Waals surface area contributed by atoms with Gasteiger partial charge in [-0.1, -0.05) is 71.8 Å². The summed E-state index contributed by atoms with van der Waals surface area (Å²) in [6, 6.07) is 61.5. The monoisotopic (exact) mass is 1200 g/mol. The van der Waals surface area contributed by atoms with E-state index in [0.29, 0.717) is 16.7 Å². The van der Waals surface area contributed by atoms with Crippen molar-refractivity contribution in [2.45, 2.75) is 61.8 Å². The van der Waals surface area contributed by atoms with Crippen molar-refractivity contribution in [3.63, 3.8) is 0 Å². The smallest absolute Gasteiger partial charge is 0.337 e. The summed E-state index contributed by atoms with van der Waals surface area (Å²) < 4.78 is 4.64. The Labute approximate surface area is 520 Å². The van der Waals surface area contributed by atoms with Gasteiger partial charge in [-0.3, -0.25) is 10.1 Å². The quantitative estimate of drug-likeness (QED) is 0.0775. The second kappa shape index (κ2) is 29.3. The molecule has 0 amide bonds. The number of carboxylic acid groups (broad SMARTS) is 2. The van der Waals surface area contributed by atoms with E-state index in [9.17, 15) is 14.4 Å². The predicted molar refractivity (Wildman–Crippen MR) is 367 cm³/mol. The normalized spacial score (nSPS) is 10.9. The first-order valence-corrected chi connectivity index (χ1v) is 29.3. The van der Waals surface area contributed by atoms with Gasteiger partial charge in [0.1, 0.15) is 0 Å². The van der Waals surface area contributed by atoms with Crippen molar-refractivity contribution in [2.24, 2.45) is 4.99 Å². The lowest BCUT2D eigenvalue weighted by Crippen LogP contribution is -2.00. The lowest BCUT2D eigenvalue weighted by atomic mass is 10.1. The summed E-state index contributed by atoms with van der Waals surface area (Å²) in [7, 11) is 1.38. The fourth-order valence-electron chi connectivity index (χ4n) is 10.2. The summed E-state index contributed by atoms with van der Waals surface area (Å²) in [5.41, 5.74) is 20.9. The Bertz CT molecular complexity index is 4670. The highest BCUT2D eigenvalue weighted by molar-refractivity contribution is 5.96. The summed E-state index contributed by atoms with van der Waals surface area (Å²) >= 11 is 0. The zero-order chi connectivity index (χ0) is 63.8. The number of rotatable bonds is 3. The number of H-pyrrole nitrogens is 7. The lowest BCUT2D eigenvalue weighted by molar-refractivity contribution is 0.0599. The first-order chi connectivity index (χ1) is 43.3. The molecule has 1 aliphatic rings. The molecule has 454 valence electrons. The molecule has 15 heteroatoms. The van der Waals surface area contributed by atoms with Crippen LogP contribution in [0.4, 0.5) is 5.69 Å². The van der Waals surface area contributed by atoms with Crippen LogP contribution in [0.25, 0.3) is 76.3 Å². The molecule has 1 aliphatic heterocycles. The molecule has 0 fully saturated rings. The van der Waals surface area contributed by atoms with E-state index in [1.54, 1.807) is 36.4 Å². The van der Waals surface area contributed by atoms with Gasteiger partial charge >= 0.3 is 17.9 Å². The predicted octanol–water partition coefficient (Wildman–Crippen LogP) is 18.2. The average molecular weight is 1200 g/mol. The molecule has 9 N–H and O–H groups in total. The van der Waals surface area contributed by atoms with E-state index in [1.807, 2.05) is 94.1 Å². The second-order valence-electron chi connectivity index (χ2n) is 22.2. The molecule has 7 aromatic heterocycles. The number of aromatic amines is 7. The number of aromatic nitrogens is 8. The number of carboxylic acids is 2. The number of nitrogens with one attached hydrogen (secondary N) is 7. The maximum Gasteiger partial charge on any atom is 0.337 e. The number of methoxy groups -OCH3 is 1. The molecule has 0 saturated carbocycles. The van der Waals surface area contributed by atoms with Crippen molar-refractivity contribution in [3.05, 3.63) is 274 Å². The van der Waals surface area contributed by atoms with Crippen molar-refractivity contribution in [1.82, 2.24) is 40.1 Å². The van der Waals surface area contributed by atoms with E-state index in [2.05, 4.69) is 188 Å². The van der Waals surface area contributed by atoms with Gasteiger partial charge in [-0.15, -0.1) is 0 Å². The number of aryl methyl sites for hydroxylation is 8. The summed E-state index contributed by atoms with van der Waals surface area (Å²) in [6.07, 6.45) is 8.73. The number of benzene rings is 8. The van der Waals surface area contributed by atoms with Crippen molar-refractivity contribution < 1.29 is 29.3 Å². The standard InChI is InChI=1S/C11H11NO2.2C10H9NO2.4C9H9N.C8H8N2/c1-7-5-9-6-8(11(13)14-2)3-4-10(9)12-7;1-6-4-8-5-7(10(12)13)2-3-9(8)11-6;1-6-4-7-2-3-8(10(12)13)5-9(7)11-6;1-7-2-3-9-8(6-7)4-5-10-9;2*1-7-2-3-8-4-5-10-9(8)6-7;1-7-6-8-4-2-3-5-9(8)10-7;1-6-2-3-8-7(4-6)5-9-10-8/h3-6,12H,1-2H3;2*2-5,11H,1H3,(H,12,13);2-6,10H,1H3;2-3,5-6H,4H2,1H3;2*2-6,10H,1H3;2-5H,1H3,(H,9,10). The fraction of sp³-hybridized carbons (Fsp3) is 0.133. The average Bonchev–Trinajstić information content (AvgIpc) is 2.75. The molecule has 15 aromatic rings. The Kier molecular flexibility index (Phi) is 20.5. The maximum absolute atomic E-state index is 11.2. The van der Waals surface area contributed by atoms with E-state index in [0.717, 1.165) is 67.4 Å². The van der Waals surface area contributed by atoms with Gasteiger partial charge < -0.3 is 44.9 Å². The van der Waals surface area contributed by atoms with Crippen LogP contribution in [-0.2, 0) is 11.2 Å². The minimum atomic E-state index is -0.894. The molecule has 0 saturated heterocycles. The van der Waals surface area contributed by atoms with Crippen molar-refractivity contribution in [3.8, 4) is 0 Å². The number of carbonyl (C=O) groups is 3. The van der Waals surface area contributed by atoms with Gasteiger partial charge in [0.15, 0.2) is 0 Å². The zero-order valence-corrected chi connectivity index (χ0v) is 51.8. The number of fused-ring (bicyclic) bond motifs is 8. The molecule has 0 spiro atoms. The number of ether oxygens (including phenoxy) is 1. The largest absolute Gasteiger partial charge is 0.478 e. The number of carbonyl (C=O) groups excluding carboxylic acids is 1. The van der Waals surface area contributed by atoms with Crippen LogP contribution in [0.1, 0.15) is 81.7 Å². The molecule has 0 bridgehead atoms. The van der Waals surface area contributed by atoms with Crippen LogP contribution in [0.2, 0.25) is 0 Å². The first-order valence-electron chi connectivity index (χ1n) is 29.3. The highest BCUT2D eigenvalue weighted by Crippen LogP contribution is 2.25. The Hall–Kier alpha value is -11.5. The van der Waals surface area contributed by atoms with Crippen LogP contribution in [0.3, 0.4) is 0 Å². The molecular formula is C75H73N9O6. The van der Waals surface area contributed by atoms with Crippen LogP contribution in [0.15, 0.2) is 212 Å². The Morgan fingerprint density at radius 1 is 0.400 bits per heavy atom. The second-order valence-corrected chi connectivity index (χ2v) is 22.2. The lowest BCUT2D eigenvalue weighted by Gasteiger charge is -1.98. The van der Waals surface area contributed by atoms with Crippen LogP contribution in [0.5, 0.6) is 0 Å². The molecule has 0 unspecified atom stereocenters. The van der Waals surface area contributed by atoms with Gasteiger partial charge in [0.2, 0.25) is 0 Å². The van der Waals surface area contributed by atoms with Crippen LogP contribution in [-0.4, -0.2) is 81.5 Å². The summed E-state index contributed by atoms with van der Waals surface area (Å²) in [5.74, 6) is -2.08. The summed E-state index contributed by atoms with van der Waals surface area (Å²) in [5, 5.41) is 32.4. The van der Waals surface area contributed by atoms with E-state index in [4.69, 9.17) is 10.2 Å². The van der Waals surface area contributed by atoms with Crippen LogP contribution >= 0.6 is 0 Å². The summed E-state index contributed by atoms with van der Waals surface area (Å²) in [4.78, 5) is 55.7. The van der Waals surface area contributed by atoms with E-state index in [1.165, 1.54) is 78.7 Å². The van der Waals surface area contributed by atoms with Gasteiger partial charge in [-0.25, -0.2) is 14.4 Å². The molecule has 16 rings (SSSR count). The van der Waals surface area contributed by atoms with Gasteiger partial charge in [0.05, 0.1) is 41.2 Å². The Balaban J connectivity index is 0.000000122. The minimum absolute atomic E-state index is 0.300. The number of esters is 1. The van der Waals surface area contributed by atoms with Crippen molar-refractivity contribution in [2.75, 3.05) is 7.11 Å². The number of hydrogen-bond donors (Lipinski definition) is 9. The van der Waals surface area contributed by atoms with Gasteiger partial charge in [0.25, 0.3) is 0 Å². The third-order valence-corrected chi connectivity index (χ3v) is 14.6. The van der Waals surface area contributed by atoms with E-state index in [-0.39, 0.29) is 5.97 Å². The van der Waals surface area contributed by atoms with Gasteiger partial charge in [0, 0.05) is 97.1 Å². The van der Waals surface area contributed by atoms with Crippen LogP contribution < -0.4 is 0 Å². The first kappa shape index (κ1) is 63.1. The minimum Gasteiger partial charge on any atom is -0.478 e. The number of aromatic carboxylic acids is 2. The molecule has 0 aliphatic carbocycles. The highest BCUT2D eigenvalue weighted by atomic mass is 16.5. The molecule has 8 heterocycles. The molecule has 90 heavy (non-hydrogen) atoms. The molecule has 8 aromatic carbocycles. The Morgan fingerprint density at radius 2 is 0.867 bits per heavy atom. The highest BCUT2D eigenvalue weighted by Gasteiger charge is 2.09. The maximum atomic E-state index is 11.2.